The van der Waals surface area contributed by atoms with Crippen molar-refractivity contribution in [1.82, 2.24) is 9.55 Å². The molecule has 0 aliphatic heterocycles. The second-order valence-electron chi connectivity index (χ2n) is 4.36. The molecule has 0 saturated carbocycles. The minimum Gasteiger partial charge on any atom is -0.398 e. The smallest absolute Gasteiger partial charge is 0.0950 e. The number of hydrogen-bond donors (Lipinski definition) is 1. The fraction of sp³-hybridized carbons (Fsp3) is 0.308. The van der Waals surface area contributed by atoms with E-state index in [4.69, 9.17) is 17.3 Å². The molecular weight excluding hydrogens is 266 g/mol. The fourth-order valence-corrected chi connectivity index (χ4v) is 2.81. The highest BCUT2D eigenvalue weighted by Gasteiger charge is 2.07. The van der Waals surface area contributed by atoms with Crippen molar-refractivity contribution in [2.24, 2.45) is 0 Å². The van der Waals surface area contributed by atoms with E-state index in [0.29, 0.717) is 11.1 Å². The van der Waals surface area contributed by atoms with E-state index in [1.807, 2.05) is 24.7 Å². The lowest BCUT2D eigenvalue weighted by molar-refractivity contribution is 0.584. The Hall–Kier alpha value is -1.13. The van der Waals surface area contributed by atoms with Gasteiger partial charge in [0.2, 0.25) is 0 Å². The van der Waals surface area contributed by atoms with E-state index >= 15 is 0 Å². The monoisotopic (exact) mass is 281 g/mol. The summed E-state index contributed by atoms with van der Waals surface area (Å²) < 4.78 is 2.17. The van der Waals surface area contributed by atoms with E-state index in [-0.39, 0.29) is 0 Å². The number of hydrogen-bond acceptors (Lipinski definition) is 3. The van der Waals surface area contributed by atoms with Crippen LogP contribution in [0.5, 0.6) is 0 Å². The van der Waals surface area contributed by atoms with Gasteiger partial charge in [0.25, 0.3) is 0 Å². The van der Waals surface area contributed by atoms with Crippen molar-refractivity contribution in [2.75, 3.05) is 5.73 Å². The Kier molecular flexibility index (Phi) is 4.19. The first kappa shape index (κ1) is 13.3. The molecule has 0 saturated heterocycles. The van der Waals surface area contributed by atoms with Crippen LogP contribution in [0.1, 0.15) is 25.6 Å². The Balaban J connectivity index is 2.09. The number of aromatic nitrogens is 2. The van der Waals surface area contributed by atoms with Gasteiger partial charge in [0, 0.05) is 39.3 Å². The molecule has 1 heterocycles. The summed E-state index contributed by atoms with van der Waals surface area (Å²) in [7, 11) is 0. The van der Waals surface area contributed by atoms with Crippen LogP contribution in [-0.4, -0.2) is 9.55 Å². The first-order chi connectivity index (χ1) is 8.58. The van der Waals surface area contributed by atoms with Crippen molar-refractivity contribution in [3.63, 3.8) is 0 Å². The molecule has 2 N–H and O–H groups in total. The van der Waals surface area contributed by atoms with Gasteiger partial charge in [0.15, 0.2) is 0 Å². The van der Waals surface area contributed by atoms with Gasteiger partial charge in [-0.05, 0) is 32.0 Å². The van der Waals surface area contributed by atoms with Crippen molar-refractivity contribution in [3.05, 3.63) is 41.4 Å². The topological polar surface area (TPSA) is 43.8 Å². The molecule has 2 aromatic rings. The number of imidazole rings is 1. The van der Waals surface area contributed by atoms with Crippen LogP contribution in [-0.2, 0) is 5.75 Å². The Morgan fingerprint density at radius 2 is 2.22 bits per heavy atom. The number of thioether (sulfide) groups is 1. The highest BCUT2D eigenvalue weighted by atomic mass is 35.5. The molecular formula is C13H16ClN3S. The highest BCUT2D eigenvalue weighted by molar-refractivity contribution is 7.98. The molecule has 1 aromatic heterocycles. The van der Waals surface area contributed by atoms with E-state index in [2.05, 4.69) is 23.4 Å². The maximum atomic E-state index is 5.93. The van der Waals surface area contributed by atoms with Crippen LogP contribution in [0.15, 0.2) is 35.6 Å². The number of halogens is 1. The number of rotatable bonds is 4. The average Bonchev–Trinajstić information content (AvgIpc) is 2.76. The molecule has 0 aliphatic rings. The maximum Gasteiger partial charge on any atom is 0.0950 e. The third kappa shape index (κ3) is 3.00. The molecule has 2 rings (SSSR count). The molecule has 1 aromatic carbocycles. The van der Waals surface area contributed by atoms with E-state index in [1.165, 1.54) is 5.69 Å². The molecule has 0 fully saturated rings. The maximum absolute atomic E-state index is 5.93. The van der Waals surface area contributed by atoms with Crippen LogP contribution >= 0.6 is 23.4 Å². The number of anilines is 1. The van der Waals surface area contributed by atoms with Crippen LogP contribution in [0.3, 0.4) is 0 Å². The van der Waals surface area contributed by atoms with Gasteiger partial charge in [0.05, 0.1) is 6.33 Å². The summed E-state index contributed by atoms with van der Waals surface area (Å²) in [5.74, 6) is 0.851. The third-order valence-electron chi connectivity index (χ3n) is 2.65. The summed E-state index contributed by atoms with van der Waals surface area (Å²) in [4.78, 5) is 5.24. The highest BCUT2D eigenvalue weighted by Crippen LogP contribution is 2.30. The molecule has 0 aliphatic carbocycles. The third-order valence-corrected chi connectivity index (χ3v) is 4.01. The summed E-state index contributed by atoms with van der Waals surface area (Å²) in [5, 5.41) is 0.670. The van der Waals surface area contributed by atoms with Gasteiger partial charge in [-0.1, -0.05) is 11.6 Å². The van der Waals surface area contributed by atoms with Crippen molar-refractivity contribution < 1.29 is 0 Å². The van der Waals surface area contributed by atoms with Gasteiger partial charge in [-0.25, -0.2) is 4.98 Å². The molecule has 0 spiro atoms. The quantitative estimate of drug-likeness (QED) is 0.681. The predicted molar refractivity (Wildman–Crippen MR) is 78.0 cm³/mol. The molecule has 0 bridgehead atoms. The zero-order valence-electron chi connectivity index (χ0n) is 10.4. The fourth-order valence-electron chi connectivity index (χ4n) is 1.71. The number of benzene rings is 1. The van der Waals surface area contributed by atoms with Gasteiger partial charge in [-0.15, -0.1) is 11.8 Å². The Morgan fingerprint density at radius 3 is 2.89 bits per heavy atom. The van der Waals surface area contributed by atoms with E-state index in [9.17, 15) is 0 Å². The van der Waals surface area contributed by atoms with Gasteiger partial charge >= 0.3 is 0 Å². The van der Waals surface area contributed by atoms with E-state index < -0.39 is 0 Å². The minimum absolute atomic E-state index is 0.422. The lowest BCUT2D eigenvalue weighted by Gasteiger charge is -2.12. The lowest BCUT2D eigenvalue weighted by Crippen LogP contribution is -2.03. The van der Waals surface area contributed by atoms with Crippen LogP contribution in [0.4, 0.5) is 5.69 Å². The molecule has 18 heavy (non-hydrogen) atoms. The van der Waals surface area contributed by atoms with Crippen molar-refractivity contribution in [2.45, 2.75) is 30.5 Å². The zero-order valence-corrected chi connectivity index (χ0v) is 12.0. The normalized spacial score (nSPS) is 11.1. The summed E-state index contributed by atoms with van der Waals surface area (Å²) in [6.45, 7) is 4.29. The van der Waals surface area contributed by atoms with Gasteiger partial charge in [0.1, 0.15) is 0 Å². The summed E-state index contributed by atoms with van der Waals surface area (Å²) >= 11 is 7.58. The van der Waals surface area contributed by atoms with Crippen molar-refractivity contribution in [3.8, 4) is 0 Å². The lowest BCUT2D eigenvalue weighted by atomic mass is 10.3. The largest absolute Gasteiger partial charge is 0.398 e. The van der Waals surface area contributed by atoms with Crippen LogP contribution in [0.2, 0.25) is 5.02 Å². The van der Waals surface area contributed by atoms with E-state index in [1.54, 1.807) is 17.8 Å². The average molecular weight is 282 g/mol. The Morgan fingerprint density at radius 1 is 1.44 bits per heavy atom. The number of nitrogen functional groups attached to an aromatic ring is 1. The molecule has 0 amide bonds. The first-order valence-corrected chi connectivity index (χ1v) is 7.13. The summed E-state index contributed by atoms with van der Waals surface area (Å²) in [5.41, 5.74) is 7.85. The summed E-state index contributed by atoms with van der Waals surface area (Å²) in [6, 6.07) is 6.02. The Bertz CT molecular complexity index is 537. The molecule has 0 unspecified atom stereocenters. The molecule has 0 atom stereocenters. The van der Waals surface area contributed by atoms with Crippen LogP contribution in [0, 0.1) is 0 Å². The minimum atomic E-state index is 0.422. The molecule has 5 heteroatoms. The molecule has 0 radical (unpaired) electrons. The van der Waals surface area contributed by atoms with Crippen LogP contribution < -0.4 is 5.73 Å². The van der Waals surface area contributed by atoms with Gasteiger partial charge in [-0.3, -0.25) is 0 Å². The molecule has 3 nitrogen and oxygen atoms in total. The summed E-state index contributed by atoms with van der Waals surface area (Å²) in [6.07, 6.45) is 3.77. The van der Waals surface area contributed by atoms with Crippen LogP contribution in [0.25, 0.3) is 0 Å². The van der Waals surface area contributed by atoms with Crippen molar-refractivity contribution >= 4 is 29.1 Å². The first-order valence-electron chi connectivity index (χ1n) is 5.76. The zero-order chi connectivity index (χ0) is 13.1. The second kappa shape index (κ2) is 5.67. The predicted octanol–water partition coefficient (Wildman–Crippen LogP) is 3.99. The molecule has 96 valence electrons. The Labute approximate surface area is 116 Å². The van der Waals surface area contributed by atoms with E-state index in [0.717, 1.165) is 16.3 Å². The number of nitrogens with two attached hydrogens (primary N) is 1. The number of nitrogens with zero attached hydrogens (tertiary/aromatic N) is 2. The van der Waals surface area contributed by atoms with Gasteiger partial charge < -0.3 is 10.3 Å². The van der Waals surface area contributed by atoms with Gasteiger partial charge in [-0.2, -0.15) is 0 Å². The van der Waals surface area contributed by atoms with Crippen molar-refractivity contribution in [1.29, 1.82) is 0 Å². The second-order valence-corrected chi connectivity index (χ2v) is 5.81. The standard InChI is InChI=1S/C13H16ClN3S/c1-9(2)17-8-16-6-11(17)7-18-13-4-3-10(14)5-12(13)15/h3-6,8-9H,7,15H2,1-2H3. The SMILES string of the molecule is CC(C)n1cncc1CSc1ccc(Cl)cc1N.